The third-order valence-electron chi connectivity index (χ3n) is 13.6. The van der Waals surface area contributed by atoms with E-state index in [1.165, 1.54) is 66.5 Å². The van der Waals surface area contributed by atoms with Gasteiger partial charge in [0, 0.05) is 74.9 Å². The Balaban J connectivity index is 0.859. The highest BCUT2D eigenvalue weighted by Crippen LogP contribution is 2.19. The molecule has 1 aliphatic heterocycles. The van der Waals surface area contributed by atoms with Gasteiger partial charge < -0.3 is 88.3 Å². The van der Waals surface area contributed by atoms with E-state index in [2.05, 4.69) is 57.2 Å². The van der Waals surface area contributed by atoms with Crippen molar-refractivity contribution in [3.05, 3.63) is 114 Å². The van der Waals surface area contributed by atoms with Crippen LogP contribution in [0.4, 0.5) is 42.3 Å². The van der Waals surface area contributed by atoms with E-state index in [9.17, 15) is 57.8 Å². The SMILES string of the molecule is CC(C)[C@H](NC(=O)OCCOCCN1C(=O)C=CC1=O)C(=O)N[C@@H](CCCNC(N)=O)C(=O)Nc1ccc(COC(=O)N(C)CCN(C)C(=O)Oc2ccc(C(=O)NCCC[C@H](NC(=O)c3ccc(NCc4cnc5nc(N)nc(N)c5n4)cc3)C(=O)O)cc2)cc1. The molecular weight excluding hydrogens is 1200 g/mol. The number of carbonyl (C=O) groups is 11. The number of likely N-dealkylation sites (N-methyl/N-ethyl adjacent to an activating group) is 2. The van der Waals surface area contributed by atoms with Crippen LogP contribution >= 0.6 is 0 Å². The highest BCUT2D eigenvalue weighted by atomic mass is 16.6. The first kappa shape index (κ1) is 69.8. The van der Waals surface area contributed by atoms with Crippen LogP contribution < -0.4 is 59.2 Å². The minimum Gasteiger partial charge on any atom is -0.480 e. The van der Waals surface area contributed by atoms with Crippen molar-refractivity contribution < 1.29 is 76.8 Å². The number of aliphatic carboxylic acids is 1. The maximum Gasteiger partial charge on any atom is 0.415 e. The number of urea groups is 1. The number of alkyl carbamates (subject to hydrolysis) is 1. The van der Waals surface area contributed by atoms with Gasteiger partial charge in [-0.25, -0.2) is 33.9 Å². The summed E-state index contributed by atoms with van der Waals surface area (Å²) in [6.07, 6.45) is 1.92. The number of fused-ring (bicyclic) bond motifs is 1. The largest absolute Gasteiger partial charge is 0.480 e. The average Bonchev–Trinajstić information content (AvgIpc) is 1.07. The summed E-state index contributed by atoms with van der Waals surface area (Å²) in [6, 6.07) is 14.1. The number of hydrogen-bond acceptors (Lipinski definition) is 22. The maximum atomic E-state index is 13.6. The van der Waals surface area contributed by atoms with Crippen LogP contribution in [0.5, 0.6) is 5.75 Å². The molecule has 92 heavy (non-hydrogen) atoms. The lowest BCUT2D eigenvalue weighted by Gasteiger charge is -2.25. The summed E-state index contributed by atoms with van der Waals surface area (Å²) in [5.41, 5.74) is 19.8. The molecule has 5 aromatic rings. The Morgan fingerprint density at radius 3 is 1.95 bits per heavy atom. The van der Waals surface area contributed by atoms with Gasteiger partial charge in [0.15, 0.2) is 17.0 Å². The van der Waals surface area contributed by atoms with Crippen molar-refractivity contribution in [2.24, 2.45) is 11.7 Å². The number of nitrogen functional groups attached to an aromatic ring is 2. The third kappa shape index (κ3) is 22.1. The molecule has 0 aliphatic carbocycles. The third-order valence-corrected chi connectivity index (χ3v) is 13.6. The molecule has 0 unspecified atom stereocenters. The number of nitrogens with zero attached hydrogens (tertiary/aromatic N) is 7. The van der Waals surface area contributed by atoms with Crippen LogP contribution in [0.25, 0.3) is 11.2 Å². The molecule has 33 heteroatoms. The lowest BCUT2D eigenvalue weighted by atomic mass is 10.0. The van der Waals surface area contributed by atoms with Crippen LogP contribution in [0.15, 0.2) is 91.1 Å². The molecule has 3 aromatic carbocycles. The van der Waals surface area contributed by atoms with Crippen molar-refractivity contribution in [2.45, 2.75) is 70.8 Å². The number of benzene rings is 3. The van der Waals surface area contributed by atoms with Crippen LogP contribution in [0.1, 0.15) is 71.5 Å². The van der Waals surface area contributed by atoms with Gasteiger partial charge in [0.2, 0.25) is 17.8 Å². The first-order chi connectivity index (χ1) is 43.9. The van der Waals surface area contributed by atoms with Gasteiger partial charge in [-0.1, -0.05) is 26.0 Å². The van der Waals surface area contributed by atoms with E-state index in [-0.39, 0.29) is 126 Å². The second-order valence-corrected chi connectivity index (χ2v) is 20.9. The summed E-state index contributed by atoms with van der Waals surface area (Å²) in [7, 11) is 2.94. The minimum absolute atomic E-state index is 0.00999. The molecule has 14 N–H and O–H groups in total. The van der Waals surface area contributed by atoms with Crippen LogP contribution in [0, 0.1) is 5.92 Å². The van der Waals surface area contributed by atoms with Gasteiger partial charge in [-0.3, -0.25) is 33.7 Å². The average molecular weight is 1280 g/mol. The fourth-order valence-corrected chi connectivity index (χ4v) is 8.47. The molecule has 11 amide bonds. The molecule has 0 saturated carbocycles. The fourth-order valence-electron chi connectivity index (χ4n) is 8.47. The van der Waals surface area contributed by atoms with Gasteiger partial charge in [0.25, 0.3) is 23.6 Å². The van der Waals surface area contributed by atoms with E-state index >= 15 is 0 Å². The summed E-state index contributed by atoms with van der Waals surface area (Å²) < 4.78 is 21.4. The first-order valence-corrected chi connectivity index (χ1v) is 28.8. The molecule has 0 spiro atoms. The topological polar surface area (TPSA) is 468 Å². The number of nitrogens with one attached hydrogen (secondary N) is 7. The molecule has 2 aromatic heterocycles. The Morgan fingerprint density at radius 1 is 0.674 bits per heavy atom. The lowest BCUT2D eigenvalue weighted by Crippen LogP contribution is -2.54. The number of carbonyl (C=O) groups excluding carboxylic acids is 10. The molecule has 1 aliphatic rings. The number of rotatable bonds is 33. The summed E-state index contributed by atoms with van der Waals surface area (Å²) in [5.74, 6) is -4.82. The number of nitrogens with two attached hydrogens (primary N) is 3. The zero-order valence-corrected chi connectivity index (χ0v) is 50.8. The van der Waals surface area contributed by atoms with Gasteiger partial charge in [-0.15, -0.1) is 0 Å². The fraction of sp³-hybridized carbons (Fsp3) is 0.373. The predicted octanol–water partition coefficient (Wildman–Crippen LogP) is 1.85. The molecular formula is C59H73N17O16. The number of aromatic nitrogens is 4. The number of primary amides is 1. The number of hydrogen-bond donors (Lipinski definition) is 11. The zero-order chi connectivity index (χ0) is 66.9. The molecule has 3 heterocycles. The Labute approximate surface area is 526 Å². The molecule has 3 atom stereocenters. The smallest absolute Gasteiger partial charge is 0.415 e. The van der Waals surface area contributed by atoms with Gasteiger partial charge in [0.1, 0.15) is 37.1 Å². The van der Waals surface area contributed by atoms with Crippen molar-refractivity contribution in [3.63, 3.8) is 0 Å². The monoisotopic (exact) mass is 1280 g/mol. The minimum atomic E-state index is -1.25. The second kappa shape index (κ2) is 34.5. The van der Waals surface area contributed by atoms with E-state index in [1.807, 2.05) is 0 Å². The summed E-state index contributed by atoms with van der Waals surface area (Å²) in [5, 5.41) is 28.5. The van der Waals surface area contributed by atoms with Gasteiger partial charge in [0.05, 0.1) is 38.2 Å². The van der Waals surface area contributed by atoms with Crippen LogP contribution in [-0.2, 0) is 51.3 Å². The Hall–Kier alpha value is -11.3. The Bertz CT molecular complexity index is 3470. The Morgan fingerprint density at radius 2 is 1.29 bits per heavy atom. The quantitative estimate of drug-likeness (QED) is 0.0211. The molecule has 0 radical (unpaired) electrons. The van der Waals surface area contributed by atoms with Gasteiger partial charge >= 0.3 is 30.3 Å². The number of carboxylic acids is 1. The van der Waals surface area contributed by atoms with Crippen molar-refractivity contribution in [3.8, 4) is 5.75 Å². The van der Waals surface area contributed by atoms with E-state index < -0.39 is 89.8 Å². The Kier molecular flexibility index (Phi) is 26.2. The molecule has 0 fully saturated rings. The van der Waals surface area contributed by atoms with Gasteiger partial charge in [-0.2, -0.15) is 9.97 Å². The lowest BCUT2D eigenvalue weighted by molar-refractivity contribution is -0.140. The zero-order valence-electron chi connectivity index (χ0n) is 50.8. The second-order valence-electron chi connectivity index (χ2n) is 20.9. The number of ether oxygens (including phenoxy) is 4. The number of anilines is 4. The predicted molar refractivity (Wildman–Crippen MR) is 330 cm³/mol. The number of carboxylic acid groups (broad SMARTS) is 1. The molecule has 0 saturated heterocycles. The summed E-state index contributed by atoms with van der Waals surface area (Å²) >= 11 is 0. The van der Waals surface area contributed by atoms with Crippen molar-refractivity contribution in [1.82, 2.24) is 61.2 Å². The van der Waals surface area contributed by atoms with E-state index in [1.54, 1.807) is 50.2 Å². The van der Waals surface area contributed by atoms with E-state index in [0.717, 1.165) is 17.1 Å². The van der Waals surface area contributed by atoms with Crippen LogP contribution in [-0.4, -0.2) is 190 Å². The normalized spacial score (nSPS) is 12.6. The molecule has 0 bridgehead atoms. The first-order valence-electron chi connectivity index (χ1n) is 28.8. The van der Waals surface area contributed by atoms with Crippen molar-refractivity contribution >= 4 is 100 Å². The van der Waals surface area contributed by atoms with Crippen molar-refractivity contribution in [1.29, 1.82) is 0 Å². The maximum absolute atomic E-state index is 13.6. The molecule has 6 rings (SSSR count). The number of amides is 11. The highest BCUT2D eigenvalue weighted by Gasteiger charge is 2.30. The van der Waals surface area contributed by atoms with Crippen LogP contribution in [0.3, 0.4) is 0 Å². The van der Waals surface area contributed by atoms with Gasteiger partial charge in [-0.05, 0) is 97.8 Å². The summed E-state index contributed by atoms with van der Waals surface area (Å²) in [6.45, 7) is 3.48. The number of imide groups is 1. The highest BCUT2D eigenvalue weighted by molar-refractivity contribution is 6.13. The standard InChI is InChI=1S/C59H73N17O16/c1-34(2)46(71-57(86)90-30-29-89-28-27-76-44(77)21-22-45(76)78)53(82)69-42(7-5-24-64-56(62)85)52(81)68-39-15-9-35(10-16-39)33-91-58(87)74(3)25-26-75(4)59(88)92-41-19-13-36(14-20-41)50(79)63-23-6-8-43(54(83)84)70-51(80)37-11-17-38(18-12-37)65-31-40-32-66-49-47(67-40)48(60)72-55(61)73-49/h9-22,32,34,42-43,46,65H,5-8,23-31,33H2,1-4H3,(H,63,79)(H,68,81)(H,69,82)(H,70,80)(H,71,86)(H,83,84)(H3,62,64,85)(H4,60,61,66,72,73)/t42-,43-,46-/m0/s1. The summed E-state index contributed by atoms with van der Waals surface area (Å²) in [4.78, 5) is 158. The molecule has 490 valence electrons. The van der Waals surface area contributed by atoms with E-state index in [0.29, 0.717) is 28.1 Å². The van der Waals surface area contributed by atoms with Crippen LogP contribution in [0.2, 0.25) is 0 Å². The van der Waals surface area contributed by atoms with E-state index in [4.69, 9.17) is 36.1 Å². The van der Waals surface area contributed by atoms with Crippen molar-refractivity contribution in [2.75, 3.05) is 88.7 Å². The molecule has 33 nitrogen and oxygen atoms in total.